The smallest absolute Gasteiger partial charge is 0.257 e. The van der Waals surface area contributed by atoms with Gasteiger partial charge in [0.1, 0.15) is 0 Å². The van der Waals surface area contributed by atoms with Crippen LogP contribution in [-0.2, 0) is 16.1 Å². The molecule has 0 aromatic heterocycles. The van der Waals surface area contributed by atoms with Crippen LogP contribution in [0, 0.1) is 0 Å². The summed E-state index contributed by atoms with van der Waals surface area (Å²) in [7, 11) is 1.54. The lowest BCUT2D eigenvalue weighted by atomic mass is 10.2. The second-order valence-corrected chi connectivity index (χ2v) is 7.08. The van der Waals surface area contributed by atoms with Crippen LogP contribution in [0.5, 0.6) is 11.5 Å². The molecule has 2 rings (SSSR count). The fourth-order valence-corrected chi connectivity index (χ4v) is 3.53. The third kappa shape index (κ3) is 6.76. The standard InChI is InChI=1S/C18H27N3O4S/c1-3-19-18(23)11-25-15-5-4-13(8-16(15)24-2)10-21-17(22)9-14-12-26-7-6-20-14/h4-5,8,14,20H,3,6-7,9-12H2,1-2H3,(H,19,23)(H,21,22). The second kappa shape index (κ2) is 10.9. The van der Waals surface area contributed by atoms with Crippen LogP contribution in [0.4, 0.5) is 0 Å². The van der Waals surface area contributed by atoms with Gasteiger partial charge in [0.15, 0.2) is 18.1 Å². The Hall–Kier alpha value is -1.93. The van der Waals surface area contributed by atoms with E-state index in [-0.39, 0.29) is 24.5 Å². The molecule has 0 spiro atoms. The maximum Gasteiger partial charge on any atom is 0.257 e. The number of benzene rings is 1. The van der Waals surface area contributed by atoms with Crippen LogP contribution < -0.4 is 25.4 Å². The van der Waals surface area contributed by atoms with Gasteiger partial charge in [-0.2, -0.15) is 11.8 Å². The van der Waals surface area contributed by atoms with E-state index in [0.717, 1.165) is 23.6 Å². The first-order valence-electron chi connectivity index (χ1n) is 8.76. The fraction of sp³-hybridized carbons (Fsp3) is 0.556. The van der Waals surface area contributed by atoms with Gasteiger partial charge in [-0.25, -0.2) is 0 Å². The van der Waals surface area contributed by atoms with Crippen molar-refractivity contribution in [3.63, 3.8) is 0 Å². The Balaban J connectivity index is 1.83. The number of nitrogens with one attached hydrogen (secondary N) is 3. The Bertz CT molecular complexity index is 606. The molecule has 1 atom stereocenters. The highest BCUT2D eigenvalue weighted by atomic mass is 32.2. The van der Waals surface area contributed by atoms with Gasteiger partial charge in [-0.3, -0.25) is 9.59 Å². The summed E-state index contributed by atoms with van der Waals surface area (Å²) >= 11 is 1.87. The van der Waals surface area contributed by atoms with Crippen LogP contribution >= 0.6 is 11.8 Å². The molecule has 2 amide bonds. The number of methoxy groups -OCH3 is 1. The van der Waals surface area contributed by atoms with Crippen molar-refractivity contribution >= 4 is 23.6 Å². The second-order valence-electron chi connectivity index (χ2n) is 5.93. The third-order valence-electron chi connectivity index (χ3n) is 3.88. The first-order valence-corrected chi connectivity index (χ1v) is 9.92. The summed E-state index contributed by atoms with van der Waals surface area (Å²) in [5.74, 6) is 2.95. The lowest BCUT2D eigenvalue weighted by molar-refractivity contribution is -0.123. The molecule has 3 N–H and O–H groups in total. The van der Waals surface area contributed by atoms with E-state index in [9.17, 15) is 9.59 Å². The normalized spacial score (nSPS) is 16.6. The zero-order valence-corrected chi connectivity index (χ0v) is 16.1. The number of amides is 2. The average Bonchev–Trinajstić information content (AvgIpc) is 2.66. The van der Waals surface area contributed by atoms with Crippen molar-refractivity contribution in [3.8, 4) is 11.5 Å². The third-order valence-corrected chi connectivity index (χ3v) is 5.01. The molecule has 7 nitrogen and oxygen atoms in total. The Morgan fingerprint density at radius 3 is 2.81 bits per heavy atom. The molecule has 0 saturated carbocycles. The van der Waals surface area contributed by atoms with E-state index < -0.39 is 0 Å². The molecule has 26 heavy (non-hydrogen) atoms. The van der Waals surface area contributed by atoms with E-state index in [4.69, 9.17) is 9.47 Å². The topological polar surface area (TPSA) is 88.7 Å². The van der Waals surface area contributed by atoms with Crippen molar-refractivity contribution in [1.82, 2.24) is 16.0 Å². The molecular formula is C18H27N3O4S. The Labute approximate surface area is 158 Å². The van der Waals surface area contributed by atoms with Gasteiger partial charge in [0.05, 0.1) is 7.11 Å². The number of rotatable bonds is 9. The summed E-state index contributed by atoms with van der Waals surface area (Å²) in [6, 6.07) is 5.65. The maximum atomic E-state index is 12.1. The molecule has 144 valence electrons. The lowest BCUT2D eigenvalue weighted by Gasteiger charge is -2.22. The van der Waals surface area contributed by atoms with Crippen LogP contribution in [0.3, 0.4) is 0 Å². The summed E-state index contributed by atoms with van der Waals surface area (Å²) in [4.78, 5) is 23.6. The van der Waals surface area contributed by atoms with Gasteiger partial charge in [-0.05, 0) is 24.6 Å². The van der Waals surface area contributed by atoms with Crippen molar-refractivity contribution in [3.05, 3.63) is 23.8 Å². The van der Waals surface area contributed by atoms with Crippen molar-refractivity contribution in [2.24, 2.45) is 0 Å². The highest BCUT2D eigenvalue weighted by Crippen LogP contribution is 2.28. The Morgan fingerprint density at radius 1 is 1.27 bits per heavy atom. The Kier molecular flexibility index (Phi) is 8.57. The molecule has 1 saturated heterocycles. The minimum absolute atomic E-state index is 0.0283. The molecule has 1 fully saturated rings. The van der Waals surface area contributed by atoms with E-state index in [1.807, 2.05) is 30.8 Å². The van der Waals surface area contributed by atoms with E-state index in [2.05, 4.69) is 16.0 Å². The van der Waals surface area contributed by atoms with Crippen LogP contribution in [0.15, 0.2) is 18.2 Å². The number of ether oxygens (including phenoxy) is 2. The molecule has 8 heteroatoms. The quantitative estimate of drug-likeness (QED) is 0.590. The van der Waals surface area contributed by atoms with E-state index in [0.29, 0.717) is 31.0 Å². The van der Waals surface area contributed by atoms with Crippen molar-refractivity contribution in [1.29, 1.82) is 0 Å². The van der Waals surface area contributed by atoms with E-state index in [1.165, 1.54) is 0 Å². The molecule has 1 aliphatic rings. The van der Waals surface area contributed by atoms with Gasteiger partial charge in [-0.15, -0.1) is 0 Å². The van der Waals surface area contributed by atoms with Crippen molar-refractivity contribution < 1.29 is 19.1 Å². The van der Waals surface area contributed by atoms with Gasteiger partial charge < -0.3 is 25.4 Å². The number of thioether (sulfide) groups is 1. The number of carbonyl (C=O) groups is 2. The van der Waals surface area contributed by atoms with E-state index in [1.54, 1.807) is 13.2 Å². The van der Waals surface area contributed by atoms with Gasteiger partial charge in [-0.1, -0.05) is 6.07 Å². The number of carbonyl (C=O) groups excluding carboxylic acids is 2. The molecule has 0 bridgehead atoms. The molecule has 1 unspecified atom stereocenters. The van der Waals surface area contributed by atoms with Gasteiger partial charge >= 0.3 is 0 Å². The van der Waals surface area contributed by atoms with Crippen LogP contribution in [0.1, 0.15) is 18.9 Å². The zero-order chi connectivity index (χ0) is 18.8. The number of likely N-dealkylation sites (N-methyl/N-ethyl adjacent to an activating group) is 1. The summed E-state index contributed by atoms with van der Waals surface area (Å²) in [5.41, 5.74) is 0.909. The first kappa shape index (κ1) is 20.4. The van der Waals surface area contributed by atoms with Crippen LogP contribution in [0.2, 0.25) is 0 Å². The van der Waals surface area contributed by atoms with Gasteiger partial charge in [0, 0.05) is 43.6 Å². The zero-order valence-electron chi connectivity index (χ0n) is 15.3. The van der Waals surface area contributed by atoms with Crippen molar-refractivity contribution in [2.45, 2.75) is 25.9 Å². The van der Waals surface area contributed by atoms with Crippen molar-refractivity contribution in [2.75, 3.05) is 38.3 Å². The van der Waals surface area contributed by atoms with Gasteiger partial charge in [0.2, 0.25) is 5.91 Å². The minimum atomic E-state index is -0.180. The summed E-state index contributed by atoms with van der Waals surface area (Å²) < 4.78 is 10.8. The maximum absolute atomic E-state index is 12.1. The molecule has 1 aromatic carbocycles. The average molecular weight is 381 g/mol. The predicted molar refractivity (Wildman–Crippen MR) is 103 cm³/mol. The number of hydrogen-bond donors (Lipinski definition) is 3. The van der Waals surface area contributed by atoms with Crippen LogP contribution in [0.25, 0.3) is 0 Å². The minimum Gasteiger partial charge on any atom is -0.493 e. The summed E-state index contributed by atoms with van der Waals surface area (Å²) in [6.07, 6.45) is 0.484. The molecule has 1 aliphatic heterocycles. The highest BCUT2D eigenvalue weighted by molar-refractivity contribution is 7.99. The molecule has 0 aliphatic carbocycles. The fourth-order valence-electron chi connectivity index (χ4n) is 2.58. The van der Waals surface area contributed by atoms with E-state index >= 15 is 0 Å². The molecule has 1 aromatic rings. The number of hydrogen-bond acceptors (Lipinski definition) is 6. The Morgan fingerprint density at radius 2 is 2.12 bits per heavy atom. The first-order chi connectivity index (χ1) is 12.6. The summed E-state index contributed by atoms with van der Waals surface area (Å²) in [5, 5.41) is 8.96. The van der Waals surface area contributed by atoms with Gasteiger partial charge in [0.25, 0.3) is 5.91 Å². The SMILES string of the molecule is CCNC(=O)COc1ccc(CNC(=O)CC2CSCCN2)cc1OC. The monoisotopic (exact) mass is 381 g/mol. The molecule has 1 heterocycles. The predicted octanol–water partition coefficient (Wildman–Crippen LogP) is 0.921. The lowest BCUT2D eigenvalue weighted by Crippen LogP contribution is -2.41. The highest BCUT2D eigenvalue weighted by Gasteiger charge is 2.16. The molecule has 0 radical (unpaired) electrons. The van der Waals surface area contributed by atoms with Crippen LogP contribution in [-0.4, -0.2) is 56.2 Å². The summed E-state index contributed by atoms with van der Waals surface area (Å²) in [6.45, 7) is 3.73. The largest absolute Gasteiger partial charge is 0.493 e. The molecular weight excluding hydrogens is 354 g/mol.